The van der Waals surface area contributed by atoms with E-state index in [0.29, 0.717) is 5.52 Å². The Morgan fingerprint density at radius 2 is 1.41 bits per heavy atom. The Morgan fingerprint density at radius 1 is 0.862 bits per heavy atom. The predicted molar refractivity (Wildman–Crippen MR) is 99.6 cm³/mol. The molecule has 9 heteroatoms. The SMILES string of the molecule is CC(=O)Oc1cc(-c2nc3ccccc3c(=O)o2)cc(OC(C)=O)c1OC(C)=O. The minimum absolute atomic E-state index is 0.107. The number of carbonyl (C=O) groups excluding carboxylic acids is 3. The second-order valence-electron chi connectivity index (χ2n) is 5.91. The highest BCUT2D eigenvalue weighted by Crippen LogP contribution is 2.42. The lowest BCUT2D eigenvalue weighted by Gasteiger charge is -2.14. The topological polar surface area (TPSA) is 122 Å². The summed E-state index contributed by atoms with van der Waals surface area (Å²) in [7, 11) is 0. The molecule has 1 aromatic heterocycles. The highest BCUT2D eigenvalue weighted by atomic mass is 16.6. The van der Waals surface area contributed by atoms with Crippen LogP contribution < -0.4 is 19.8 Å². The summed E-state index contributed by atoms with van der Waals surface area (Å²) >= 11 is 0. The molecule has 0 spiro atoms. The van der Waals surface area contributed by atoms with Crippen LogP contribution in [0.1, 0.15) is 20.8 Å². The summed E-state index contributed by atoms with van der Waals surface area (Å²) in [5.74, 6) is -2.94. The summed E-state index contributed by atoms with van der Waals surface area (Å²) in [5, 5.41) is 0.285. The third-order valence-electron chi connectivity index (χ3n) is 3.56. The van der Waals surface area contributed by atoms with Crippen LogP contribution >= 0.6 is 0 Å². The molecule has 1 heterocycles. The van der Waals surface area contributed by atoms with Gasteiger partial charge in [0.15, 0.2) is 11.5 Å². The number of hydrogen-bond donors (Lipinski definition) is 0. The van der Waals surface area contributed by atoms with Crippen LogP contribution in [0.25, 0.3) is 22.4 Å². The van der Waals surface area contributed by atoms with Crippen molar-refractivity contribution in [2.45, 2.75) is 20.8 Å². The van der Waals surface area contributed by atoms with Crippen LogP contribution in [0, 0.1) is 0 Å². The van der Waals surface area contributed by atoms with Crippen molar-refractivity contribution in [3.05, 3.63) is 46.8 Å². The molecule has 0 N–H and O–H groups in total. The first-order chi connectivity index (χ1) is 13.7. The van der Waals surface area contributed by atoms with Gasteiger partial charge in [-0.3, -0.25) is 14.4 Å². The van der Waals surface area contributed by atoms with Crippen molar-refractivity contribution in [3.63, 3.8) is 0 Å². The van der Waals surface area contributed by atoms with Gasteiger partial charge in [0.25, 0.3) is 0 Å². The molecule has 0 amide bonds. The zero-order valence-electron chi connectivity index (χ0n) is 15.7. The molecule has 29 heavy (non-hydrogen) atoms. The third kappa shape index (κ3) is 4.46. The van der Waals surface area contributed by atoms with Gasteiger partial charge < -0.3 is 18.6 Å². The monoisotopic (exact) mass is 397 g/mol. The highest BCUT2D eigenvalue weighted by Gasteiger charge is 2.22. The summed E-state index contributed by atoms with van der Waals surface area (Å²) in [6, 6.07) is 9.14. The summed E-state index contributed by atoms with van der Waals surface area (Å²) in [5.41, 5.74) is -0.0834. The van der Waals surface area contributed by atoms with E-state index in [1.165, 1.54) is 12.1 Å². The first-order valence-electron chi connectivity index (χ1n) is 8.38. The van der Waals surface area contributed by atoms with E-state index >= 15 is 0 Å². The normalized spacial score (nSPS) is 10.4. The Kier molecular flexibility index (Phi) is 5.40. The number of fused-ring (bicyclic) bond motifs is 1. The predicted octanol–water partition coefficient (Wildman–Crippen LogP) is 2.63. The summed E-state index contributed by atoms with van der Waals surface area (Å²) in [6.07, 6.45) is 0. The van der Waals surface area contributed by atoms with Crippen LogP contribution in [0.2, 0.25) is 0 Å². The van der Waals surface area contributed by atoms with E-state index in [2.05, 4.69) is 4.98 Å². The van der Waals surface area contributed by atoms with Gasteiger partial charge in [-0.15, -0.1) is 0 Å². The van der Waals surface area contributed by atoms with Gasteiger partial charge in [-0.2, -0.15) is 0 Å². The van der Waals surface area contributed by atoms with Crippen LogP contribution in [0.3, 0.4) is 0 Å². The molecule has 9 nitrogen and oxygen atoms in total. The molecule has 3 rings (SSSR count). The van der Waals surface area contributed by atoms with E-state index in [0.717, 1.165) is 20.8 Å². The molecule has 0 saturated carbocycles. The number of esters is 3. The molecule has 0 unspecified atom stereocenters. The maximum atomic E-state index is 12.3. The lowest BCUT2D eigenvalue weighted by molar-refractivity contribution is -0.135. The third-order valence-corrected chi connectivity index (χ3v) is 3.56. The van der Waals surface area contributed by atoms with Crippen LogP contribution in [-0.2, 0) is 14.4 Å². The lowest BCUT2D eigenvalue weighted by Crippen LogP contribution is -2.11. The minimum Gasteiger partial charge on any atom is -0.423 e. The fourth-order valence-electron chi connectivity index (χ4n) is 2.55. The largest absolute Gasteiger partial charge is 0.423 e. The Bertz CT molecular complexity index is 1160. The average Bonchev–Trinajstić information content (AvgIpc) is 2.63. The van der Waals surface area contributed by atoms with Crippen molar-refractivity contribution in [2.75, 3.05) is 0 Å². The van der Waals surface area contributed by atoms with Crippen molar-refractivity contribution in [3.8, 4) is 28.7 Å². The smallest absolute Gasteiger partial charge is 0.347 e. The lowest BCUT2D eigenvalue weighted by atomic mass is 10.1. The van der Waals surface area contributed by atoms with E-state index in [9.17, 15) is 19.2 Å². The average molecular weight is 397 g/mol. The van der Waals surface area contributed by atoms with Gasteiger partial charge in [0.1, 0.15) is 0 Å². The van der Waals surface area contributed by atoms with Crippen LogP contribution in [0.4, 0.5) is 0 Å². The Morgan fingerprint density at radius 3 is 1.97 bits per heavy atom. The molecule has 0 aliphatic heterocycles. The van der Waals surface area contributed by atoms with Gasteiger partial charge in [-0.05, 0) is 24.3 Å². The molecule has 3 aromatic rings. The molecule has 0 aliphatic rings. The molecule has 0 radical (unpaired) electrons. The van der Waals surface area contributed by atoms with Crippen molar-refractivity contribution < 1.29 is 33.0 Å². The van der Waals surface area contributed by atoms with E-state index < -0.39 is 23.5 Å². The molecular weight excluding hydrogens is 382 g/mol. The van der Waals surface area contributed by atoms with Gasteiger partial charge >= 0.3 is 23.5 Å². The molecule has 0 aliphatic carbocycles. The Hall–Kier alpha value is -4.01. The molecule has 148 valence electrons. The zero-order valence-corrected chi connectivity index (χ0v) is 15.7. The van der Waals surface area contributed by atoms with Gasteiger partial charge in [-0.1, -0.05) is 12.1 Å². The maximum Gasteiger partial charge on any atom is 0.347 e. The maximum absolute atomic E-state index is 12.3. The fraction of sp³-hybridized carbons (Fsp3) is 0.150. The number of ether oxygens (including phenoxy) is 3. The van der Waals surface area contributed by atoms with Gasteiger partial charge in [0.05, 0.1) is 10.9 Å². The van der Waals surface area contributed by atoms with Gasteiger partial charge in [0, 0.05) is 26.3 Å². The molecular formula is C20H15NO8. The summed E-state index contributed by atoms with van der Waals surface area (Å²) < 4.78 is 20.5. The van der Waals surface area contributed by atoms with Gasteiger partial charge in [0.2, 0.25) is 11.6 Å². The Balaban J connectivity index is 2.26. The first kappa shape index (κ1) is 19.7. The second kappa shape index (κ2) is 7.93. The van der Waals surface area contributed by atoms with Gasteiger partial charge in [-0.25, -0.2) is 9.78 Å². The summed E-state index contributed by atoms with van der Waals surface area (Å²) in [4.78, 5) is 51.0. The highest BCUT2D eigenvalue weighted by molar-refractivity contribution is 5.82. The number of benzene rings is 2. The molecule has 0 atom stereocenters. The Labute approximate surface area is 163 Å². The molecule has 0 bridgehead atoms. The van der Waals surface area contributed by atoms with E-state index in [1.807, 2.05) is 0 Å². The van der Waals surface area contributed by atoms with Crippen molar-refractivity contribution in [2.24, 2.45) is 0 Å². The van der Waals surface area contributed by atoms with Crippen molar-refractivity contribution in [1.82, 2.24) is 4.98 Å². The number of rotatable bonds is 4. The van der Waals surface area contributed by atoms with Crippen LogP contribution in [0.15, 0.2) is 45.6 Å². The van der Waals surface area contributed by atoms with Crippen molar-refractivity contribution >= 4 is 28.8 Å². The minimum atomic E-state index is -0.727. The quantitative estimate of drug-likeness (QED) is 0.483. The number of hydrogen-bond acceptors (Lipinski definition) is 9. The first-order valence-corrected chi connectivity index (χ1v) is 8.38. The number of carbonyl (C=O) groups is 3. The summed E-state index contributed by atoms with van der Waals surface area (Å²) in [6.45, 7) is 3.42. The number of aromatic nitrogens is 1. The molecule has 2 aromatic carbocycles. The number of nitrogens with zero attached hydrogens (tertiary/aromatic N) is 1. The van der Waals surface area contributed by atoms with E-state index in [1.54, 1.807) is 24.3 Å². The van der Waals surface area contributed by atoms with Crippen LogP contribution in [-0.4, -0.2) is 22.9 Å². The fourth-order valence-corrected chi connectivity index (χ4v) is 2.55. The van der Waals surface area contributed by atoms with Crippen molar-refractivity contribution in [1.29, 1.82) is 0 Å². The van der Waals surface area contributed by atoms with Crippen LogP contribution in [0.5, 0.6) is 17.2 Å². The molecule has 0 saturated heterocycles. The van der Waals surface area contributed by atoms with E-state index in [4.69, 9.17) is 18.6 Å². The van der Waals surface area contributed by atoms with E-state index in [-0.39, 0.29) is 34.1 Å². The number of para-hydroxylation sites is 1. The standard InChI is InChI=1S/C20H15NO8/c1-10(22)26-16-8-13(9-17(27-11(2)23)18(16)28-12(3)24)19-21-15-7-5-4-6-14(15)20(25)29-19/h4-9H,1-3H3. The zero-order chi connectivity index (χ0) is 21.1. The second-order valence-corrected chi connectivity index (χ2v) is 5.91. The molecule has 0 fully saturated rings.